The van der Waals surface area contributed by atoms with Gasteiger partial charge in [-0.25, -0.2) is 8.42 Å². The molecule has 0 unspecified atom stereocenters. The van der Waals surface area contributed by atoms with Gasteiger partial charge in [-0.2, -0.15) is 13.2 Å². The molecule has 180 valence electrons. The number of ether oxygens (including phenoxy) is 1. The number of hydrogen-bond acceptors (Lipinski definition) is 6. The van der Waals surface area contributed by atoms with Crippen molar-refractivity contribution >= 4 is 38.2 Å². The smallest absolute Gasteiger partial charge is 0.451 e. The van der Waals surface area contributed by atoms with Gasteiger partial charge in [0.25, 0.3) is 15.8 Å². The monoisotopic (exact) mass is 495 g/mol. The third-order valence-corrected chi connectivity index (χ3v) is 6.17. The van der Waals surface area contributed by atoms with Crippen molar-refractivity contribution in [2.24, 2.45) is 0 Å². The van der Waals surface area contributed by atoms with Crippen LogP contribution in [-0.2, 0) is 24.3 Å². The summed E-state index contributed by atoms with van der Waals surface area (Å²) >= 11 is 0. The molecule has 7 nitrogen and oxygen atoms in total. The van der Waals surface area contributed by atoms with Crippen molar-refractivity contribution in [2.45, 2.75) is 36.9 Å². The number of aromatic hydroxyl groups is 1. The number of anilines is 1. The highest BCUT2D eigenvalue weighted by molar-refractivity contribution is 7.92. The third kappa shape index (κ3) is 5.14. The molecule has 0 aliphatic rings. The molecule has 3 aromatic carbocycles. The van der Waals surface area contributed by atoms with Crippen LogP contribution in [0.2, 0.25) is 0 Å². The summed E-state index contributed by atoms with van der Waals surface area (Å²) in [5, 5.41) is 10.8. The number of ketones is 1. The van der Waals surface area contributed by atoms with Crippen LogP contribution in [0.15, 0.2) is 65.6 Å². The van der Waals surface area contributed by atoms with E-state index >= 15 is 0 Å². The maximum Gasteiger partial charge on any atom is 0.451 e. The molecular weight excluding hydrogens is 475 g/mol. The summed E-state index contributed by atoms with van der Waals surface area (Å²) in [5.41, 5.74) is -0.970. The molecule has 0 spiro atoms. The van der Waals surface area contributed by atoms with Gasteiger partial charge in [0, 0.05) is 16.3 Å². The normalized spacial score (nSPS) is 13.0. The number of phenolic OH excluding ortho intramolecular Hbond substituents is 1. The number of hydrogen-bond donors (Lipinski definition) is 2. The number of rotatable bonds is 7. The van der Waals surface area contributed by atoms with Gasteiger partial charge < -0.3 is 9.84 Å². The number of nitrogens with one attached hydrogen (secondary N) is 1. The van der Waals surface area contributed by atoms with Crippen LogP contribution in [0.25, 0.3) is 10.8 Å². The van der Waals surface area contributed by atoms with Crippen LogP contribution in [-0.4, -0.2) is 37.6 Å². The average Bonchev–Trinajstić information content (AvgIpc) is 2.76. The summed E-state index contributed by atoms with van der Waals surface area (Å²) in [6.45, 7) is 2.76. The summed E-state index contributed by atoms with van der Waals surface area (Å²) < 4.78 is 73.0. The first-order valence-corrected chi connectivity index (χ1v) is 11.4. The minimum Gasteiger partial charge on any atom is -0.507 e. The predicted molar refractivity (Wildman–Crippen MR) is 118 cm³/mol. The van der Waals surface area contributed by atoms with E-state index in [0.717, 1.165) is 6.07 Å². The summed E-state index contributed by atoms with van der Waals surface area (Å²) in [4.78, 5) is 24.6. The second-order valence-electron chi connectivity index (χ2n) is 7.61. The summed E-state index contributed by atoms with van der Waals surface area (Å²) in [6, 6.07) is 13.7. The van der Waals surface area contributed by atoms with Gasteiger partial charge in [0.2, 0.25) is 0 Å². The number of fused-ring (bicyclic) bond motifs is 1. The Hall–Kier alpha value is -3.60. The van der Waals surface area contributed by atoms with Gasteiger partial charge in [0.15, 0.2) is 5.92 Å². The van der Waals surface area contributed by atoms with Gasteiger partial charge in [0.1, 0.15) is 5.75 Å². The largest absolute Gasteiger partial charge is 0.507 e. The standard InChI is InChI=1S/C23H20F3NO6S/c1-13(2)33-22(30)19(21(29)23(24,25)26)17-12-18(15-10-6-7-11-16(15)20(17)28)27-34(31,32)14-8-4-3-5-9-14/h3-13,19,27-28H,1-2H3/t19-/m0/s1. The highest BCUT2D eigenvalue weighted by Gasteiger charge is 2.49. The van der Waals surface area contributed by atoms with Gasteiger partial charge in [0.05, 0.1) is 16.7 Å². The van der Waals surface area contributed by atoms with Crippen LogP contribution in [0.1, 0.15) is 25.3 Å². The topological polar surface area (TPSA) is 110 Å². The van der Waals surface area contributed by atoms with Crippen LogP contribution in [0, 0.1) is 0 Å². The number of Topliss-reactive ketones (excluding diaryl/α,β-unsaturated/α-hetero) is 1. The van der Waals surface area contributed by atoms with Crippen LogP contribution in [0.4, 0.5) is 18.9 Å². The van der Waals surface area contributed by atoms with E-state index in [1.807, 2.05) is 0 Å². The zero-order chi connectivity index (χ0) is 25.3. The second kappa shape index (κ2) is 9.34. The third-order valence-electron chi connectivity index (χ3n) is 4.78. The van der Waals surface area contributed by atoms with E-state index in [0.29, 0.717) is 0 Å². The molecule has 3 aromatic rings. The summed E-state index contributed by atoms with van der Waals surface area (Å²) in [7, 11) is -4.20. The Balaban J connectivity index is 2.25. The lowest BCUT2D eigenvalue weighted by Crippen LogP contribution is -2.35. The Morgan fingerprint density at radius 3 is 2.09 bits per heavy atom. The molecule has 3 rings (SSSR count). The molecule has 11 heteroatoms. The number of phenols is 1. The van der Waals surface area contributed by atoms with Crippen molar-refractivity contribution in [3.05, 3.63) is 66.2 Å². The average molecular weight is 495 g/mol. The molecule has 0 aromatic heterocycles. The summed E-state index contributed by atoms with van der Waals surface area (Å²) in [5.74, 6) is -7.33. The molecule has 0 amide bonds. The van der Waals surface area contributed by atoms with E-state index in [1.165, 1.54) is 62.4 Å². The van der Waals surface area contributed by atoms with E-state index in [4.69, 9.17) is 4.74 Å². The number of alkyl halides is 3. The number of benzene rings is 3. The molecule has 0 aliphatic carbocycles. The highest BCUT2D eigenvalue weighted by atomic mass is 32.2. The predicted octanol–water partition coefficient (Wildman–Crippen LogP) is 4.51. The van der Waals surface area contributed by atoms with Crippen molar-refractivity contribution in [2.75, 3.05) is 4.72 Å². The molecular formula is C23H20F3NO6S. The SMILES string of the molecule is CC(C)OC(=O)[C@H](C(=O)C(F)(F)F)c1cc(NS(=O)(=O)c2ccccc2)c2ccccc2c1O. The number of carbonyl (C=O) groups is 2. The van der Waals surface area contributed by atoms with Crippen molar-refractivity contribution in [3.8, 4) is 5.75 Å². The zero-order valence-electron chi connectivity index (χ0n) is 18.0. The van der Waals surface area contributed by atoms with Gasteiger partial charge in [-0.1, -0.05) is 42.5 Å². The Bertz CT molecular complexity index is 1340. The van der Waals surface area contributed by atoms with Gasteiger partial charge >= 0.3 is 12.1 Å². The van der Waals surface area contributed by atoms with Crippen LogP contribution in [0.3, 0.4) is 0 Å². The molecule has 0 saturated carbocycles. The molecule has 0 heterocycles. The van der Waals surface area contributed by atoms with Gasteiger partial charge in [-0.15, -0.1) is 0 Å². The van der Waals surface area contributed by atoms with Crippen molar-refractivity contribution in [3.63, 3.8) is 0 Å². The molecule has 0 saturated heterocycles. The van der Waals surface area contributed by atoms with E-state index in [-0.39, 0.29) is 21.4 Å². The van der Waals surface area contributed by atoms with Crippen LogP contribution in [0.5, 0.6) is 5.75 Å². The quantitative estimate of drug-likeness (QED) is 0.284. The Morgan fingerprint density at radius 2 is 1.53 bits per heavy atom. The molecule has 0 bridgehead atoms. The van der Waals surface area contributed by atoms with Crippen molar-refractivity contribution in [1.29, 1.82) is 0 Å². The molecule has 0 radical (unpaired) electrons. The van der Waals surface area contributed by atoms with Crippen LogP contribution >= 0.6 is 0 Å². The highest BCUT2D eigenvalue weighted by Crippen LogP contribution is 2.41. The molecule has 34 heavy (non-hydrogen) atoms. The Labute approximate surface area is 193 Å². The van der Waals surface area contributed by atoms with Crippen molar-refractivity contribution in [1.82, 2.24) is 0 Å². The first kappa shape index (κ1) is 25.0. The fourth-order valence-corrected chi connectivity index (χ4v) is 4.42. The first-order chi connectivity index (χ1) is 15.8. The molecule has 1 atom stereocenters. The minimum absolute atomic E-state index is 0.0666. The lowest BCUT2D eigenvalue weighted by Gasteiger charge is -2.21. The maximum atomic E-state index is 13.4. The zero-order valence-corrected chi connectivity index (χ0v) is 18.8. The van der Waals surface area contributed by atoms with E-state index < -0.39 is 51.3 Å². The second-order valence-corrected chi connectivity index (χ2v) is 9.29. The fourth-order valence-electron chi connectivity index (χ4n) is 3.33. The minimum atomic E-state index is -5.43. The maximum absolute atomic E-state index is 13.4. The fraction of sp³-hybridized carbons (Fsp3) is 0.217. The van der Waals surface area contributed by atoms with Gasteiger partial charge in [-0.3, -0.25) is 14.3 Å². The lowest BCUT2D eigenvalue weighted by atomic mass is 9.90. The number of halogens is 3. The van der Waals surface area contributed by atoms with E-state index in [9.17, 15) is 36.3 Å². The Kier molecular flexibility index (Phi) is 6.87. The van der Waals surface area contributed by atoms with Gasteiger partial charge in [-0.05, 0) is 32.0 Å². The number of sulfonamides is 1. The number of carbonyl (C=O) groups excluding carboxylic acids is 2. The van der Waals surface area contributed by atoms with E-state index in [1.54, 1.807) is 6.07 Å². The molecule has 2 N–H and O–H groups in total. The van der Waals surface area contributed by atoms with Crippen molar-refractivity contribution < 1.29 is 41.0 Å². The molecule has 0 fully saturated rings. The first-order valence-electron chi connectivity index (χ1n) is 9.97. The Morgan fingerprint density at radius 1 is 0.971 bits per heavy atom. The molecule has 0 aliphatic heterocycles. The number of esters is 1. The van der Waals surface area contributed by atoms with E-state index in [2.05, 4.69) is 4.72 Å². The lowest BCUT2D eigenvalue weighted by molar-refractivity contribution is -0.178. The summed E-state index contributed by atoms with van der Waals surface area (Å²) in [6.07, 6.45) is -6.28. The van der Waals surface area contributed by atoms with Crippen LogP contribution < -0.4 is 4.72 Å².